The zero-order valence-electron chi connectivity index (χ0n) is 26.0. The van der Waals surface area contributed by atoms with Crippen LogP contribution in [0.1, 0.15) is 41.6 Å². The van der Waals surface area contributed by atoms with Gasteiger partial charge in [0.05, 0.1) is 41.3 Å². The standard InChI is InChI=1S/C30H35ClN2O12S/c1-14-9-17(34)23(28(36)30(14)29(37)24-18(40-2)13-19(41-3)25(31)27(24)45-30)16(12-22(35)33-7-8-46(32,38)39)15-10-20(42-4)26(44-6)21(11-15)43-5/h10-11,13-14,16,36H,7-9,12H2,1-6H3,(H,33,35)(H2,32,38,39). The van der Waals surface area contributed by atoms with E-state index in [4.69, 9.17) is 45.2 Å². The average Bonchev–Trinajstić information content (AvgIpc) is 3.32. The second-order valence-electron chi connectivity index (χ2n) is 10.7. The van der Waals surface area contributed by atoms with E-state index in [1.807, 2.05) is 0 Å². The number of fused-ring (bicyclic) bond motifs is 1. The highest BCUT2D eigenvalue weighted by Crippen LogP contribution is 2.56. The smallest absolute Gasteiger partial charge is 0.231 e. The second kappa shape index (κ2) is 13.3. The normalized spacial score (nSPS) is 19.8. The lowest BCUT2D eigenvalue weighted by Crippen LogP contribution is -2.53. The Balaban J connectivity index is 1.94. The van der Waals surface area contributed by atoms with Gasteiger partial charge < -0.3 is 38.8 Å². The van der Waals surface area contributed by atoms with Gasteiger partial charge in [0.25, 0.3) is 0 Å². The van der Waals surface area contributed by atoms with Crippen LogP contribution in [0.2, 0.25) is 5.02 Å². The molecule has 0 fully saturated rings. The topological polar surface area (TPSA) is 199 Å². The van der Waals surface area contributed by atoms with Crippen LogP contribution in [0.15, 0.2) is 29.5 Å². The molecule has 250 valence electrons. The molecular weight excluding hydrogens is 648 g/mol. The molecule has 14 nitrogen and oxygen atoms in total. The number of carbonyl (C=O) groups excluding carboxylic acids is 3. The molecule has 4 N–H and O–H groups in total. The summed E-state index contributed by atoms with van der Waals surface area (Å²) in [6, 6.07) is 4.41. The molecule has 1 aliphatic carbocycles. The SMILES string of the molecule is COc1cc(OC)c2c(c1Cl)OC1(C2=O)C(O)=C(C(CC(=O)NCCS(N)(=O)=O)c2cc(OC)c(OC)c(OC)c2)C(=O)CC1C. The Morgan fingerprint density at radius 1 is 1.04 bits per heavy atom. The van der Waals surface area contributed by atoms with Gasteiger partial charge in [0.15, 0.2) is 28.8 Å². The summed E-state index contributed by atoms with van der Waals surface area (Å²) in [5.74, 6) is -4.58. The number of primary sulfonamides is 1. The predicted octanol–water partition coefficient (Wildman–Crippen LogP) is 2.70. The number of halogens is 1. The Kier molecular flexibility index (Phi) is 9.99. The van der Waals surface area contributed by atoms with Crippen LogP contribution >= 0.6 is 11.6 Å². The number of nitrogens with two attached hydrogens (primary N) is 1. The molecule has 16 heteroatoms. The molecule has 4 rings (SSSR count). The van der Waals surface area contributed by atoms with Crippen molar-refractivity contribution in [2.24, 2.45) is 11.1 Å². The third-order valence-corrected chi connectivity index (χ3v) is 9.18. The van der Waals surface area contributed by atoms with Gasteiger partial charge in [-0.15, -0.1) is 0 Å². The van der Waals surface area contributed by atoms with Crippen LogP contribution in [0, 0.1) is 5.92 Å². The first-order chi connectivity index (χ1) is 21.7. The van der Waals surface area contributed by atoms with Crippen LogP contribution in [0.3, 0.4) is 0 Å². The number of methoxy groups -OCH3 is 5. The van der Waals surface area contributed by atoms with Gasteiger partial charge in [-0.05, 0) is 17.7 Å². The minimum Gasteiger partial charge on any atom is -0.507 e. The summed E-state index contributed by atoms with van der Waals surface area (Å²) < 4.78 is 56.2. The summed E-state index contributed by atoms with van der Waals surface area (Å²) >= 11 is 6.55. The van der Waals surface area contributed by atoms with Gasteiger partial charge in [0.1, 0.15) is 22.1 Å². The van der Waals surface area contributed by atoms with Gasteiger partial charge in [0.2, 0.25) is 33.1 Å². The number of Topliss-reactive ketones (excluding diaryl/α,β-unsaturated/α-hetero) is 2. The molecule has 2 aliphatic rings. The van der Waals surface area contributed by atoms with Crippen molar-refractivity contribution in [1.82, 2.24) is 5.32 Å². The molecule has 0 aromatic heterocycles. The molecule has 1 amide bonds. The first-order valence-corrected chi connectivity index (χ1v) is 16.0. The number of allylic oxidation sites excluding steroid dienone is 1. The van der Waals surface area contributed by atoms with Crippen LogP contribution < -0.4 is 38.9 Å². The monoisotopic (exact) mass is 682 g/mol. The van der Waals surface area contributed by atoms with Crippen molar-refractivity contribution in [3.8, 4) is 34.5 Å². The van der Waals surface area contributed by atoms with Gasteiger partial charge in [-0.3, -0.25) is 14.4 Å². The quantitative estimate of drug-likeness (QED) is 0.296. The van der Waals surface area contributed by atoms with Gasteiger partial charge >= 0.3 is 0 Å². The number of sulfonamides is 1. The van der Waals surface area contributed by atoms with E-state index in [-0.39, 0.29) is 69.2 Å². The van der Waals surface area contributed by atoms with E-state index < -0.39 is 62.9 Å². The summed E-state index contributed by atoms with van der Waals surface area (Å²) in [4.78, 5) is 41.3. The first kappa shape index (κ1) is 34.7. The van der Waals surface area contributed by atoms with Gasteiger partial charge in [0, 0.05) is 42.9 Å². The van der Waals surface area contributed by atoms with E-state index in [0.29, 0.717) is 0 Å². The number of hydrogen-bond acceptors (Lipinski definition) is 12. The maximum absolute atomic E-state index is 14.3. The highest BCUT2D eigenvalue weighted by molar-refractivity contribution is 7.89. The Morgan fingerprint density at radius 3 is 2.15 bits per heavy atom. The number of aliphatic hydroxyl groups is 1. The molecule has 0 radical (unpaired) electrons. The maximum Gasteiger partial charge on any atom is 0.231 e. The predicted molar refractivity (Wildman–Crippen MR) is 165 cm³/mol. The number of ether oxygens (including phenoxy) is 6. The maximum atomic E-state index is 14.3. The van der Waals surface area contributed by atoms with E-state index >= 15 is 0 Å². The van der Waals surface area contributed by atoms with Crippen LogP contribution in [-0.2, 0) is 19.6 Å². The minimum absolute atomic E-state index is 0.0441. The number of rotatable bonds is 12. The number of carbonyl (C=O) groups is 3. The molecule has 0 saturated carbocycles. The molecule has 2 aromatic carbocycles. The third-order valence-electron chi connectivity index (χ3n) is 8.05. The zero-order chi connectivity index (χ0) is 34.1. The lowest BCUT2D eigenvalue weighted by atomic mass is 9.69. The van der Waals surface area contributed by atoms with Crippen molar-refractivity contribution in [2.45, 2.75) is 31.3 Å². The van der Waals surface area contributed by atoms with Crippen molar-refractivity contribution >= 4 is 39.1 Å². The Labute approximate surface area is 270 Å². The second-order valence-corrected chi connectivity index (χ2v) is 12.8. The van der Waals surface area contributed by atoms with Crippen LogP contribution in [0.25, 0.3) is 0 Å². The fourth-order valence-corrected chi connectivity index (χ4v) is 6.47. The first-order valence-electron chi connectivity index (χ1n) is 13.9. The lowest BCUT2D eigenvalue weighted by molar-refractivity contribution is -0.121. The summed E-state index contributed by atoms with van der Waals surface area (Å²) in [5, 5.41) is 19.5. The molecule has 1 spiro atoms. The van der Waals surface area contributed by atoms with Crippen LogP contribution in [-0.4, -0.2) is 84.4 Å². The van der Waals surface area contributed by atoms with E-state index in [0.717, 1.165) is 0 Å². The fourth-order valence-electron chi connectivity index (χ4n) is 5.82. The number of ketones is 2. The molecule has 3 atom stereocenters. The largest absolute Gasteiger partial charge is 0.507 e. The van der Waals surface area contributed by atoms with E-state index in [1.165, 1.54) is 53.7 Å². The number of aliphatic hydroxyl groups excluding tert-OH is 1. The molecule has 1 aliphatic heterocycles. The van der Waals surface area contributed by atoms with Gasteiger partial charge in [-0.1, -0.05) is 18.5 Å². The number of amides is 1. The molecule has 1 heterocycles. The summed E-state index contributed by atoms with van der Waals surface area (Å²) in [6.45, 7) is 1.26. The number of hydrogen-bond donors (Lipinski definition) is 3. The van der Waals surface area contributed by atoms with Crippen molar-refractivity contribution in [1.29, 1.82) is 0 Å². The van der Waals surface area contributed by atoms with Crippen molar-refractivity contribution in [3.63, 3.8) is 0 Å². The van der Waals surface area contributed by atoms with Crippen molar-refractivity contribution in [3.05, 3.63) is 45.7 Å². The Bertz CT molecular complexity index is 1700. The molecule has 2 aromatic rings. The van der Waals surface area contributed by atoms with Crippen LogP contribution in [0.4, 0.5) is 0 Å². The molecule has 0 saturated heterocycles. The fraction of sp³-hybridized carbons (Fsp3) is 0.433. The van der Waals surface area contributed by atoms with Gasteiger partial charge in [-0.25, -0.2) is 13.6 Å². The summed E-state index contributed by atoms with van der Waals surface area (Å²) in [5.41, 5.74) is -2.17. The minimum atomic E-state index is -3.88. The highest BCUT2D eigenvalue weighted by Gasteiger charge is 2.61. The van der Waals surface area contributed by atoms with E-state index in [1.54, 1.807) is 6.92 Å². The van der Waals surface area contributed by atoms with E-state index in [9.17, 15) is 27.9 Å². The zero-order valence-corrected chi connectivity index (χ0v) is 27.6. The van der Waals surface area contributed by atoms with E-state index in [2.05, 4.69) is 5.32 Å². The Hall–Kier alpha value is -4.21. The molecule has 0 bridgehead atoms. The van der Waals surface area contributed by atoms with Crippen molar-refractivity contribution in [2.75, 3.05) is 47.8 Å². The van der Waals surface area contributed by atoms with Crippen LogP contribution in [0.5, 0.6) is 34.5 Å². The number of nitrogens with one attached hydrogen (secondary N) is 1. The molecule has 3 unspecified atom stereocenters. The highest BCUT2D eigenvalue weighted by atomic mass is 35.5. The third kappa shape index (κ3) is 6.01. The number of benzene rings is 2. The molecular formula is C30H35ClN2O12S. The Morgan fingerprint density at radius 2 is 1.63 bits per heavy atom. The summed E-state index contributed by atoms with van der Waals surface area (Å²) in [7, 11) is 2.98. The van der Waals surface area contributed by atoms with Gasteiger partial charge in [-0.2, -0.15) is 0 Å². The average molecular weight is 683 g/mol. The van der Waals surface area contributed by atoms with Crippen molar-refractivity contribution < 1.29 is 56.3 Å². The molecule has 46 heavy (non-hydrogen) atoms. The summed E-state index contributed by atoms with van der Waals surface area (Å²) in [6.07, 6.45) is -0.734. The lowest BCUT2D eigenvalue weighted by Gasteiger charge is -2.38.